The van der Waals surface area contributed by atoms with E-state index in [1.807, 2.05) is 0 Å². The van der Waals surface area contributed by atoms with Gasteiger partial charge in [0.05, 0.1) is 22.4 Å². The van der Waals surface area contributed by atoms with Crippen molar-refractivity contribution in [3.8, 4) is 67.3 Å². The Hall–Kier alpha value is -7.70. The summed E-state index contributed by atoms with van der Waals surface area (Å²) in [5, 5.41) is 0. The van der Waals surface area contributed by atoms with Gasteiger partial charge in [-0.1, -0.05) is 251 Å². The maximum absolute atomic E-state index is 6.15. The summed E-state index contributed by atoms with van der Waals surface area (Å²) in [6.45, 7) is 55.7. The molecule has 2 aliphatic rings. The number of nitrogens with zero attached hydrogens (tertiary/aromatic N) is 4. The summed E-state index contributed by atoms with van der Waals surface area (Å²) >= 11 is 0. The quantitative estimate of drug-likeness (QED) is 0.184. The minimum atomic E-state index is -0.170. The zero-order valence-electron chi connectivity index (χ0n) is 57.5. The number of hydrogen-bond acceptors (Lipinski definition) is 4. The van der Waals surface area contributed by atoms with Crippen LogP contribution in [0.2, 0.25) is 0 Å². The van der Waals surface area contributed by atoms with Gasteiger partial charge in [-0.15, -0.1) is 0 Å². The van der Waals surface area contributed by atoms with Crippen molar-refractivity contribution < 1.29 is 0 Å². The van der Waals surface area contributed by atoms with Crippen molar-refractivity contribution in [3.63, 3.8) is 0 Å². The van der Waals surface area contributed by atoms with Crippen molar-refractivity contribution in [2.24, 2.45) is 0 Å². The number of aromatic nitrogens is 6. The van der Waals surface area contributed by atoms with Crippen LogP contribution < -0.4 is 0 Å². The summed E-state index contributed by atoms with van der Waals surface area (Å²) < 4.78 is 0. The predicted molar refractivity (Wildman–Crippen MR) is 379 cm³/mol. The van der Waals surface area contributed by atoms with Crippen LogP contribution in [0.3, 0.4) is 0 Å². The van der Waals surface area contributed by atoms with Crippen LogP contribution in [0.1, 0.15) is 222 Å². The molecule has 6 nitrogen and oxygen atoms in total. The maximum atomic E-state index is 6.15. The third-order valence-corrected chi connectivity index (χ3v) is 18.1. The van der Waals surface area contributed by atoms with Crippen molar-refractivity contribution in [1.29, 1.82) is 0 Å². The first kappa shape index (κ1) is 61.9. The van der Waals surface area contributed by atoms with Gasteiger partial charge in [-0.05, 0) is 159 Å². The van der Waals surface area contributed by atoms with Gasteiger partial charge in [0.1, 0.15) is 22.8 Å². The Balaban J connectivity index is 1.45. The molecule has 0 aliphatic carbocycles. The lowest BCUT2D eigenvalue weighted by atomic mass is 9.78. The Morgan fingerprint density at radius 1 is 0.239 bits per heavy atom. The normalized spacial score (nSPS) is 13.6. The summed E-state index contributed by atoms with van der Waals surface area (Å²) in [7, 11) is 0. The van der Waals surface area contributed by atoms with Crippen molar-refractivity contribution in [2.75, 3.05) is 0 Å². The fourth-order valence-electron chi connectivity index (χ4n) is 12.2. The van der Waals surface area contributed by atoms with Crippen molar-refractivity contribution in [3.05, 3.63) is 177 Å². The van der Waals surface area contributed by atoms with Crippen LogP contribution in [0.25, 0.3) is 113 Å². The second-order valence-corrected chi connectivity index (χ2v) is 33.7. The molecule has 9 aromatic rings. The predicted octanol–water partition coefficient (Wildman–Crippen LogP) is 22.8. The highest BCUT2D eigenvalue weighted by Gasteiger charge is 2.33. The highest BCUT2D eigenvalue weighted by atomic mass is 14.9. The second-order valence-electron chi connectivity index (χ2n) is 33.7. The third-order valence-electron chi connectivity index (χ3n) is 18.1. The molecule has 0 saturated heterocycles. The molecule has 4 aromatic heterocycles. The lowest BCUT2D eigenvalue weighted by Gasteiger charge is -2.26. The second kappa shape index (κ2) is 21.0. The standard InChI is InChI=1S/C82H96N6/c1-75(2,3)51-35-47(36-52(43-51)76(4,5)6)67-61-29-30-62(83-61)68(48-37-53(77(7,8)9)44-54(38-48)78(10,11)12)64-32-34-66(85-64)70(50-41-57(81(19,20)21)46-58(42-50)82(22,23)24)72-74-73(86-59-27-25-26-28-60(59)87-74)71(88-72)69(65-33-31-63(67)84-65)49-39-55(79(13,14)15)45-56(40-49)80(16,17)18/h25-46,84-85H,1-24H3. The lowest BCUT2D eigenvalue weighted by molar-refractivity contribution is 0.568. The molecule has 0 saturated carbocycles. The van der Waals surface area contributed by atoms with E-state index in [9.17, 15) is 0 Å². The Morgan fingerprint density at radius 3 is 0.705 bits per heavy atom. The average Bonchev–Trinajstić information content (AvgIpc) is 1.60. The van der Waals surface area contributed by atoms with Crippen LogP contribution in [0.5, 0.6) is 0 Å². The molecule has 0 amide bonds. The minimum absolute atomic E-state index is 0.134. The highest BCUT2D eigenvalue weighted by molar-refractivity contribution is 6.05. The molecule has 6 heteroatoms. The van der Waals surface area contributed by atoms with Gasteiger partial charge < -0.3 is 9.97 Å². The number of hydrogen-bond donors (Lipinski definition) is 2. The first-order valence-corrected chi connectivity index (χ1v) is 32.0. The fraction of sp³-hybridized carbons (Fsp3) is 0.390. The molecule has 0 radical (unpaired) electrons. The lowest BCUT2D eigenvalue weighted by Crippen LogP contribution is -2.16. The summed E-state index contributed by atoms with van der Waals surface area (Å²) in [6.07, 6.45) is 4.50. The highest BCUT2D eigenvalue weighted by Crippen LogP contribution is 2.49. The molecule has 11 rings (SSSR count). The van der Waals surface area contributed by atoms with Crippen molar-refractivity contribution in [1.82, 2.24) is 29.9 Å². The van der Waals surface area contributed by atoms with Crippen molar-refractivity contribution in [2.45, 2.75) is 209 Å². The molecule has 88 heavy (non-hydrogen) atoms. The fourth-order valence-corrected chi connectivity index (χ4v) is 12.2. The van der Waals surface area contributed by atoms with Gasteiger partial charge in [0.25, 0.3) is 0 Å². The molecule has 8 bridgehead atoms. The smallest absolute Gasteiger partial charge is 0.118 e. The maximum Gasteiger partial charge on any atom is 0.118 e. The van der Waals surface area contributed by atoms with E-state index in [-0.39, 0.29) is 43.3 Å². The molecule has 5 aromatic carbocycles. The van der Waals surface area contributed by atoms with Gasteiger partial charge in [-0.25, -0.2) is 19.9 Å². The van der Waals surface area contributed by atoms with Crippen LogP contribution in [-0.4, -0.2) is 29.9 Å². The topological polar surface area (TPSA) is 83.1 Å². The van der Waals surface area contributed by atoms with Crippen LogP contribution in [0.4, 0.5) is 0 Å². The molecule has 0 fully saturated rings. The Bertz CT molecular complexity index is 4080. The number of benzene rings is 5. The Labute approximate surface area is 526 Å². The van der Waals surface area contributed by atoms with Crippen LogP contribution in [0.15, 0.2) is 121 Å². The van der Waals surface area contributed by atoms with E-state index in [2.05, 4.69) is 310 Å². The molecule has 0 spiro atoms. The van der Waals surface area contributed by atoms with Crippen LogP contribution in [0, 0.1) is 0 Å². The number of H-pyrrole nitrogens is 2. The molecule has 0 unspecified atom stereocenters. The number of para-hydroxylation sites is 2. The van der Waals surface area contributed by atoms with Gasteiger partial charge in [0, 0.05) is 44.3 Å². The number of aromatic amines is 2. The summed E-state index contributed by atoms with van der Waals surface area (Å²) in [5.41, 5.74) is 27.4. The number of nitrogens with one attached hydrogen (secondary N) is 2. The van der Waals surface area contributed by atoms with Crippen molar-refractivity contribution >= 4 is 45.3 Å². The summed E-state index contributed by atoms with van der Waals surface area (Å²) in [6, 6.07) is 46.3. The zero-order chi connectivity index (χ0) is 64.0. The monoisotopic (exact) mass is 1160 g/mol. The molecule has 454 valence electrons. The largest absolute Gasteiger partial charge is 0.354 e. The third kappa shape index (κ3) is 11.9. The summed E-state index contributed by atoms with van der Waals surface area (Å²) in [4.78, 5) is 31.9. The van der Waals surface area contributed by atoms with Crippen LogP contribution in [-0.2, 0) is 43.3 Å². The molecular formula is C82H96N6. The average molecular weight is 1170 g/mol. The molecule has 2 N–H and O–H groups in total. The van der Waals surface area contributed by atoms with E-state index in [1.165, 1.54) is 44.5 Å². The molecule has 6 heterocycles. The van der Waals surface area contributed by atoms with Gasteiger partial charge in [-0.3, -0.25) is 0 Å². The minimum Gasteiger partial charge on any atom is -0.354 e. The molecule has 0 atom stereocenters. The SMILES string of the molecule is CC(C)(C)c1cc(-c2c3nc(c(-c4cc(C(C)(C)C)cc(C(C)(C)C)c4)c4ccc([nH]4)c(-c4cc(C(C)(C)C)cc(C(C)(C)C)c4)c4nc(c(-c5cc(C(C)(C)C)cc(C(C)(C)C)c5)c5ccc2[nH]5)-c2nc5ccccc5nc2-4)C=C3)cc(C(C)(C)C)c1. The first-order chi connectivity index (χ1) is 40.6. The Morgan fingerprint density at radius 2 is 0.466 bits per heavy atom. The molecule has 2 aliphatic heterocycles. The van der Waals surface area contributed by atoms with Gasteiger partial charge in [-0.2, -0.15) is 0 Å². The van der Waals surface area contributed by atoms with E-state index >= 15 is 0 Å². The Kier molecular flexibility index (Phi) is 14.8. The van der Waals surface area contributed by atoms with E-state index < -0.39 is 0 Å². The number of rotatable bonds is 4. The molecular weight excluding hydrogens is 1070 g/mol. The van der Waals surface area contributed by atoms with Gasteiger partial charge in [0.2, 0.25) is 0 Å². The zero-order valence-corrected chi connectivity index (χ0v) is 57.5. The van der Waals surface area contributed by atoms with E-state index in [0.29, 0.717) is 0 Å². The van der Waals surface area contributed by atoms with Gasteiger partial charge in [0.15, 0.2) is 0 Å². The van der Waals surface area contributed by atoms with Gasteiger partial charge >= 0.3 is 0 Å². The number of fused-ring (bicyclic) bond motifs is 12. The van der Waals surface area contributed by atoms with E-state index in [4.69, 9.17) is 19.9 Å². The van der Waals surface area contributed by atoms with E-state index in [1.54, 1.807) is 0 Å². The first-order valence-electron chi connectivity index (χ1n) is 32.0. The van der Waals surface area contributed by atoms with Crippen LogP contribution >= 0.6 is 0 Å². The van der Waals surface area contributed by atoms with E-state index in [0.717, 1.165) is 112 Å². The summed E-state index contributed by atoms with van der Waals surface area (Å²) in [5.74, 6) is 0.